The van der Waals surface area contributed by atoms with Crippen molar-refractivity contribution in [3.05, 3.63) is 12.1 Å². The van der Waals surface area contributed by atoms with Crippen molar-refractivity contribution in [1.29, 1.82) is 0 Å². The largest absolute Gasteiger partial charge is 0.302 e. The van der Waals surface area contributed by atoms with Gasteiger partial charge < -0.3 is 0 Å². The van der Waals surface area contributed by atoms with E-state index in [1.54, 1.807) is 6.07 Å². The molecule has 0 aliphatic carbocycles. The zero-order valence-electron chi connectivity index (χ0n) is 8.18. The molecular weight excluding hydrogens is 292 g/mol. The Morgan fingerprint density at radius 2 is 1.94 bits per heavy atom. The summed E-state index contributed by atoms with van der Waals surface area (Å²) in [4.78, 5) is 1.64. The van der Waals surface area contributed by atoms with Gasteiger partial charge in [0, 0.05) is 9.79 Å². The minimum absolute atomic E-state index is 0.0891. The Kier molecular flexibility index (Phi) is 5.11. The molecule has 0 aliphatic rings. The third-order valence-electron chi connectivity index (χ3n) is 1.54. The molecule has 0 N–H and O–H groups in total. The third-order valence-corrected chi connectivity index (χ3v) is 4.02. The van der Waals surface area contributed by atoms with Gasteiger partial charge in [-0.05, 0) is 17.9 Å². The van der Waals surface area contributed by atoms with E-state index in [1.807, 2.05) is 6.92 Å². The van der Waals surface area contributed by atoms with Gasteiger partial charge in [0.15, 0.2) is 0 Å². The van der Waals surface area contributed by atoms with Crippen molar-refractivity contribution < 1.29 is 28.5 Å². The summed E-state index contributed by atoms with van der Waals surface area (Å²) in [5, 5.41) is 0. The SMILES string of the molecule is CCSc1c(S)ccc(O[Cl+3]([O-])([O-])[O-])c1S. The van der Waals surface area contributed by atoms with Gasteiger partial charge in [-0.1, -0.05) is 11.2 Å². The fraction of sp³-hybridized carbons (Fsp3) is 0.250. The van der Waals surface area contributed by atoms with Crippen LogP contribution in [0.4, 0.5) is 0 Å². The Labute approximate surface area is 111 Å². The third kappa shape index (κ3) is 3.92. The molecule has 0 amide bonds. The molecule has 0 atom stereocenters. The molecule has 0 bridgehead atoms. The second-order valence-corrected chi connectivity index (χ2v) is 5.76. The summed E-state index contributed by atoms with van der Waals surface area (Å²) in [5.74, 6) is 0.681. The van der Waals surface area contributed by atoms with Crippen molar-refractivity contribution in [1.82, 2.24) is 0 Å². The van der Waals surface area contributed by atoms with Crippen LogP contribution in [0.25, 0.3) is 0 Å². The Morgan fingerprint density at radius 3 is 2.44 bits per heavy atom. The first-order chi connectivity index (χ1) is 7.35. The summed E-state index contributed by atoms with van der Waals surface area (Å²) >= 11 is 9.77. The lowest BCUT2D eigenvalue weighted by Gasteiger charge is -2.14. The first kappa shape index (κ1) is 14.3. The summed E-state index contributed by atoms with van der Waals surface area (Å²) in [6, 6.07) is 2.89. The standard InChI is InChI=1S/C8H9ClO4S3/c1-2-16-8-6(14)4-3-5(7(8)15)13-9(10,11)12/h3-4,14-15H,2H2,1H3. The first-order valence-electron chi connectivity index (χ1n) is 4.13. The number of hydrogen-bond acceptors (Lipinski definition) is 7. The van der Waals surface area contributed by atoms with E-state index in [0.29, 0.717) is 14.7 Å². The van der Waals surface area contributed by atoms with Crippen LogP contribution in [-0.4, -0.2) is 5.75 Å². The molecule has 0 radical (unpaired) electrons. The molecular formula is C8H9ClO4S3. The predicted molar refractivity (Wildman–Crippen MR) is 58.0 cm³/mol. The summed E-state index contributed by atoms with van der Waals surface area (Å²) in [6.07, 6.45) is 0. The molecule has 90 valence electrons. The van der Waals surface area contributed by atoms with Crippen LogP contribution < -0.4 is 18.3 Å². The Balaban J connectivity index is 3.08. The van der Waals surface area contributed by atoms with Gasteiger partial charge in [0.2, 0.25) is 0 Å². The van der Waals surface area contributed by atoms with E-state index in [4.69, 9.17) is 0 Å². The first-order valence-corrected chi connectivity index (χ1v) is 7.24. The number of thiol groups is 2. The van der Waals surface area contributed by atoms with E-state index < -0.39 is 10.2 Å². The Morgan fingerprint density at radius 1 is 1.31 bits per heavy atom. The van der Waals surface area contributed by atoms with Crippen LogP contribution in [0, 0.1) is 10.2 Å². The zero-order chi connectivity index (χ0) is 12.3. The van der Waals surface area contributed by atoms with Crippen LogP contribution in [0.1, 0.15) is 6.92 Å². The van der Waals surface area contributed by atoms with Crippen molar-refractivity contribution >= 4 is 37.0 Å². The number of hydrogen-bond donors (Lipinski definition) is 2. The van der Waals surface area contributed by atoms with E-state index in [2.05, 4.69) is 29.5 Å². The summed E-state index contributed by atoms with van der Waals surface area (Å²) in [6.45, 7) is 1.93. The molecule has 4 nitrogen and oxygen atoms in total. The second-order valence-electron chi connectivity index (χ2n) is 2.65. The monoisotopic (exact) mass is 300 g/mol. The highest BCUT2D eigenvalue weighted by Gasteiger charge is 2.24. The van der Waals surface area contributed by atoms with Crippen LogP contribution in [0.15, 0.2) is 26.8 Å². The van der Waals surface area contributed by atoms with Crippen LogP contribution in [-0.2, 0) is 0 Å². The van der Waals surface area contributed by atoms with Gasteiger partial charge in [-0.25, -0.2) is 0 Å². The second kappa shape index (κ2) is 5.72. The zero-order valence-corrected chi connectivity index (χ0v) is 11.5. The Hall–Kier alpha value is 0.240. The molecule has 1 aromatic rings. The highest BCUT2D eigenvalue weighted by Crippen LogP contribution is 2.38. The van der Waals surface area contributed by atoms with Crippen molar-refractivity contribution in [2.75, 3.05) is 5.75 Å². The van der Waals surface area contributed by atoms with Gasteiger partial charge in [0.1, 0.15) is 10.2 Å². The minimum Gasteiger partial charge on any atom is -0.167 e. The molecule has 0 aromatic heterocycles. The molecule has 1 aromatic carbocycles. The smallest absolute Gasteiger partial charge is 0.167 e. The maximum absolute atomic E-state index is 10.4. The van der Waals surface area contributed by atoms with Crippen LogP contribution >= 0.6 is 37.0 Å². The molecule has 16 heavy (non-hydrogen) atoms. The van der Waals surface area contributed by atoms with E-state index in [-0.39, 0.29) is 5.75 Å². The van der Waals surface area contributed by atoms with Crippen LogP contribution in [0.2, 0.25) is 0 Å². The van der Waals surface area contributed by atoms with E-state index in [1.165, 1.54) is 17.8 Å². The molecule has 0 unspecified atom stereocenters. The van der Waals surface area contributed by atoms with E-state index >= 15 is 0 Å². The maximum atomic E-state index is 10.4. The van der Waals surface area contributed by atoms with Gasteiger partial charge in [-0.2, -0.15) is 14.0 Å². The van der Waals surface area contributed by atoms with E-state index in [0.717, 1.165) is 5.75 Å². The van der Waals surface area contributed by atoms with Crippen molar-refractivity contribution in [3.63, 3.8) is 0 Å². The number of thioether (sulfide) groups is 1. The molecule has 0 saturated heterocycles. The molecule has 0 spiro atoms. The Bertz CT molecular complexity index is 380. The average Bonchev–Trinajstić information content (AvgIpc) is 2.15. The molecule has 0 saturated carbocycles. The fourth-order valence-corrected chi connectivity index (χ4v) is 3.02. The topological polar surface area (TPSA) is 78.4 Å². The normalized spacial score (nSPS) is 11.6. The van der Waals surface area contributed by atoms with Crippen LogP contribution in [0.3, 0.4) is 0 Å². The minimum atomic E-state index is -4.50. The van der Waals surface area contributed by atoms with Crippen molar-refractivity contribution in [3.8, 4) is 5.75 Å². The highest BCUT2D eigenvalue weighted by molar-refractivity contribution is 8.00. The predicted octanol–water partition coefficient (Wildman–Crippen LogP) is -0.348. The lowest BCUT2D eigenvalue weighted by atomic mass is 10.3. The number of halogens is 1. The fourth-order valence-electron chi connectivity index (χ4n) is 0.993. The van der Waals surface area contributed by atoms with Gasteiger partial charge in [0.25, 0.3) is 0 Å². The summed E-state index contributed by atoms with van der Waals surface area (Å²) < 4.78 is 35.6. The van der Waals surface area contributed by atoms with Gasteiger partial charge in [-0.3, -0.25) is 0 Å². The maximum Gasteiger partial charge on any atom is 0.302 e. The molecule has 0 fully saturated rings. The molecule has 0 heterocycles. The number of benzene rings is 1. The van der Waals surface area contributed by atoms with Crippen LogP contribution in [0.5, 0.6) is 5.75 Å². The van der Waals surface area contributed by atoms with Crippen molar-refractivity contribution in [2.45, 2.75) is 21.6 Å². The molecule has 8 heteroatoms. The van der Waals surface area contributed by atoms with Gasteiger partial charge >= 0.3 is 5.75 Å². The highest BCUT2D eigenvalue weighted by atomic mass is 35.7. The average molecular weight is 301 g/mol. The summed E-state index contributed by atoms with van der Waals surface area (Å²) in [5.41, 5.74) is 0. The number of rotatable bonds is 4. The molecule has 0 aliphatic heterocycles. The van der Waals surface area contributed by atoms with E-state index in [9.17, 15) is 14.0 Å². The lowest BCUT2D eigenvalue weighted by Crippen LogP contribution is -2.63. The summed E-state index contributed by atoms with van der Waals surface area (Å²) in [7, 11) is -4.50. The van der Waals surface area contributed by atoms with Gasteiger partial charge in [-0.15, -0.1) is 37.0 Å². The van der Waals surface area contributed by atoms with Gasteiger partial charge in [0.05, 0.1) is 4.90 Å². The lowest BCUT2D eigenvalue weighted by molar-refractivity contribution is -1.91. The van der Waals surface area contributed by atoms with Crippen molar-refractivity contribution in [2.24, 2.45) is 0 Å². The quantitative estimate of drug-likeness (QED) is 0.587. The molecule has 1 rings (SSSR count).